The Morgan fingerprint density at radius 3 is 2.48 bits per heavy atom. The van der Waals surface area contributed by atoms with Gasteiger partial charge in [0, 0.05) is 23.6 Å². The van der Waals surface area contributed by atoms with E-state index in [1.165, 1.54) is 17.7 Å². The number of hydrogen-bond acceptors (Lipinski definition) is 3. The van der Waals surface area contributed by atoms with E-state index in [0.717, 1.165) is 23.7 Å². The number of halogens is 2. The second-order valence-electron chi connectivity index (χ2n) is 7.16. The monoisotopic (exact) mass is 438 g/mol. The van der Waals surface area contributed by atoms with Crippen molar-refractivity contribution in [1.29, 1.82) is 0 Å². The number of rotatable bonds is 6. The van der Waals surface area contributed by atoms with E-state index >= 15 is 0 Å². The molecule has 3 aromatic rings. The van der Waals surface area contributed by atoms with Crippen LogP contribution >= 0.6 is 11.6 Å². The van der Waals surface area contributed by atoms with E-state index in [9.17, 15) is 9.18 Å². The van der Waals surface area contributed by atoms with Crippen LogP contribution in [-0.2, 0) is 6.54 Å². The molecular weight excluding hydrogens is 415 g/mol. The lowest BCUT2D eigenvalue weighted by Gasteiger charge is -2.14. The largest absolute Gasteiger partial charge is 0.326 e. The Balaban J connectivity index is 1.80. The predicted molar refractivity (Wildman–Crippen MR) is 123 cm³/mol. The molecule has 0 bridgehead atoms. The van der Waals surface area contributed by atoms with Crippen LogP contribution in [0.5, 0.6) is 0 Å². The number of nitrogens with one attached hydrogen (secondary N) is 2. The van der Waals surface area contributed by atoms with Gasteiger partial charge in [0.05, 0.1) is 11.6 Å². The highest BCUT2D eigenvalue weighted by atomic mass is 35.5. The lowest BCUT2D eigenvalue weighted by atomic mass is 9.99. The van der Waals surface area contributed by atoms with E-state index in [2.05, 4.69) is 46.6 Å². The molecule has 0 aliphatic rings. The number of hydrogen-bond donors (Lipinski definition) is 2. The summed E-state index contributed by atoms with van der Waals surface area (Å²) in [5, 5.41) is 5.79. The van der Waals surface area contributed by atoms with Crippen molar-refractivity contribution in [2.45, 2.75) is 32.7 Å². The summed E-state index contributed by atoms with van der Waals surface area (Å²) in [5.74, 6) is -0.279. The van der Waals surface area contributed by atoms with Crippen LogP contribution in [0.15, 0.2) is 72.0 Å². The summed E-state index contributed by atoms with van der Waals surface area (Å²) in [4.78, 5) is 21.2. The molecule has 5 nitrogen and oxygen atoms in total. The molecule has 0 aliphatic heterocycles. The van der Waals surface area contributed by atoms with Crippen molar-refractivity contribution in [2.75, 3.05) is 5.32 Å². The number of benzene rings is 2. The number of carbonyl (C=O) groups is 1. The van der Waals surface area contributed by atoms with Gasteiger partial charge in [-0.3, -0.25) is 15.1 Å². The molecule has 7 heteroatoms. The number of carbonyl (C=O) groups excluding carboxylic acids is 1. The van der Waals surface area contributed by atoms with Crippen LogP contribution in [0.25, 0.3) is 0 Å². The minimum Gasteiger partial charge on any atom is -0.326 e. The number of aromatic nitrogens is 1. The number of anilines is 1. The smallest absolute Gasteiger partial charge is 0.258 e. The fraction of sp³-hybridized carbons (Fsp3) is 0.208. The summed E-state index contributed by atoms with van der Waals surface area (Å²) in [7, 11) is 0. The molecule has 0 aliphatic carbocycles. The first kappa shape index (κ1) is 22.4. The molecule has 1 unspecified atom stereocenters. The molecule has 0 saturated carbocycles. The topological polar surface area (TPSA) is 66.4 Å². The molecule has 0 fully saturated rings. The first-order valence-corrected chi connectivity index (χ1v) is 10.4. The Bertz CT molecular complexity index is 1050. The molecule has 0 spiro atoms. The zero-order valence-corrected chi connectivity index (χ0v) is 18.2. The summed E-state index contributed by atoms with van der Waals surface area (Å²) in [6.45, 7) is 4.68. The maximum absolute atomic E-state index is 13.4. The highest BCUT2D eigenvalue weighted by Crippen LogP contribution is 2.20. The number of nitrogens with zero attached hydrogens (tertiary/aromatic N) is 2. The highest BCUT2D eigenvalue weighted by Gasteiger charge is 2.12. The molecule has 0 radical (unpaired) electrons. The van der Waals surface area contributed by atoms with Gasteiger partial charge in [-0.25, -0.2) is 9.38 Å². The maximum Gasteiger partial charge on any atom is 0.258 e. The van der Waals surface area contributed by atoms with Crippen LogP contribution < -0.4 is 10.6 Å². The standard InChI is InChI=1S/C24H24ClFN4O/c1-3-16(2)18-4-7-20(8-5-18)29-24(28-15-17-10-12-27-13-11-17)30-23(31)19-6-9-22(26)21(25)14-19/h4-14,16H,3,15H2,1-2H3,(H2,28,29,30,31). The Labute approximate surface area is 186 Å². The van der Waals surface area contributed by atoms with E-state index in [1.807, 2.05) is 24.3 Å². The number of guanidine groups is 1. The zero-order chi connectivity index (χ0) is 22.2. The molecule has 3 rings (SSSR count). The van der Waals surface area contributed by atoms with Gasteiger partial charge in [-0.05, 0) is 65.9 Å². The summed E-state index contributed by atoms with van der Waals surface area (Å²) >= 11 is 5.81. The van der Waals surface area contributed by atoms with Gasteiger partial charge >= 0.3 is 0 Å². The summed E-state index contributed by atoms with van der Waals surface area (Å²) in [6, 6.07) is 15.5. The normalized spacial score (nSPS) is 12.3. The van der Waals surface area contributed by atoms with E-state index < -0.39 is 11.7 Å². The lowest BCUT2D eigenvalue weighted by Crippen LogP contribution is -2.36. The molecule has 31 heavy (non-hydrogen) atoms. The second kappa shape index (κ2) is 10.7. The Morgan fingerprint density at radius 1 is 1.13 bits per heavy atom. The van der Waals surface area contributed by atoms with Gasteiger partial charge in [-0.1, -0.05) is 37.6 Å². The molecule has 1 atom stereocenters. The maximum atomic E-state index is 13.4. The molecule has 1 aromatic heterocycles. The molecule has 1 heterocycles. The van der Waals surface area contributed by atoms with Crippen LogP contribution in [0.2, 0.25) is 5.02 Å². The van der Waals surface area contributed by atoms with E-state index in [4.69, 9.17) is 11.6 Å². The van der Waals surface area contributed by atoms with Crippen LogP contribution in [0.3, 0.4) is 0 Å². The van der Waals surface area contributed by atoms with Crippen molar-refractivity contribution in [1.82, 2.24) is 10.3 Å². The van der Waals surface area contributed by atoms with Gasteiger partial charge in [0.25, 0.3) is 5.91 Å². The first-order valence-electron chi connectivity index (χ1n) is 10.0. The average molecular weight is 439 g/mol. The van der Waals surface area contributed by atoms with Crippen LogP contribution in [-0.4, -0.2) is 16.9 Å². The zero-order valence-electron chi connectivity index (χ0n) is 17.4. The Morgan fingerprint density at radius 2 is 1.84 bits per heavy atom. The number of aliphatic imine (C=N–C) groups is 1. The lowest BCUT2D eigenvalue weighted by molar-refractivity contribution is 0.0977. The quantitative estimate of drug-likeness (QED) is 0.378. The molecule has 0 saturated heterocycles. The van der Waals surface area contributed by atoms with Crippen molar-refractivity contribution in [3.8, 4) is 0 Å². The van der Waals surface area contributed by atoms with Gasteiger partial charge in [0.2, 0.25) is 5.96 Å². The minimum absolute atomic E-state index is 0.114. The van der Waals surface area contributed by atoms with Crippen LogP contribution in [0.4, 0.5) is 10.1 Å². The van der Waals surface area contributed by atoms with Gasteiger partial charge in [0.1, 0.15) is 5.82 Å². The van der Waals surface area contributed by atoms with E-state index in [-0.39, 0.29) is 16.5 Å². The molecule has 1 amide bonds. The van der Waals surface area contributed by atoms with Crippen molar-refractivity contribution in [3.05, 3.63) is 94.5 Å². The second-order valence-corrected chi connectivity index (χ2v) is 7.57. The molecular formula is C24H24ClFN4O. The Kier molecular flexibility index (Phi) is 7.73. The SMILES string of the molecule is CCC(C)c1ccc(NC(=NCc2ccncc2)NC(=O)c2ccc(F)c(Cl)c2)cc1. The van der Waals surface area contributed by atoms with E-state index in [1.54, 1.807) is 12.4 Å². The molecule has 2 aromatic carbocycles. The van der Waals surface area contributed by atoms with Gasteiger partial charge in [0.15, 0.2) is 0 Å². The van der Waals surface area contributed by atoms with Crippen molar-refractivity contribution < 1.29 is 9.18 Å². The summed E-state index contributed by atoms with van der Waals surface area (Å²) in [5.41, 5.74) is 3.21. The summed E-state index contributed by atoms with van der Waals surface area (Å²) < 4.78 is 13.4. The number of pyridine rings is 1. The first-order chi connectivity index (χ1) is 15.0. The predicted octanol–water partition coefficient (Wildman–Crippen LogP) is 5.79. The molecule has 2 N–H and O–H groups in total. The summed E-state index contributed by atoms with van der Waals surface area (Å²) in [6.07, 6.45) is 4.43. The van der Waals surface area contributed by atoms with E-state index in [0.29, 0.717) is 12.5 Å². The van der Waals surface area contributed by atoms with Gasteiger partial charge < -0.3 is 5.32 Å². The molecule has 160 valence electrons. The number of amides is 1. The highest BCUT2D eigenvalue weighted by molar-refractivity contribution is 6.31. The third-order valence-corrected chi connectivity index (χ3v) is 5.23. The van der Waals surface area contributed by atoms with Gasteiger partial charge in [-0.2, -0.15) is 0 Å². The minimum atomic E-state index is -0.579. The van der Waals surface area contributed by atoms with Crippen molar-refractivity contribution in [3.63, 3.8) is 0 Å². The Hall–Kier alpha value is -3.25. The van der Waals surface area contributed by atoms with Crippen molar-refractivity contribution >= 4 is 29.2 Å². The van der Waals surface area contributed by atoms with Crippen molar-refractivity contribution in [2.24, 2.45) is 4.99 Å². The van der Waals surface area contributed by atoms with Crippen LogP contribution in [0.1, 0.15) is 47.7 Å². The van der Waals surface area contributed by atoms with Crippen LogP contribution in [0, 0.1) is 5.82 Å². The third kappa shape index (κ3) is 6.36. The average Bonchev–Trinajstić information content (AvgIpc) is 2.79. The third-order valence-electron chi connectivity index (χ3n) is 4.94. The fourth-order valence-corrected chi connectivity index (χ4v) is 3.03. The fourth-order valence-electron chi connectivity index (χ4n) is 2.85. The van der Waals surface area contributed by atoms with Gasteiger partial charge in [-0.15, -0.1) is 0 Å².